The fourth-order valence-electron chi connectivity index (χ4n) is 3.63. The summed E-state index contributed by atoms with van der Waals surface area (Å²) in [7, 11) is 0. The van der Waals surface area contributed by atoms with Gasteiger partial charge in [-0.3, -0.25) is 9.69 Å². The highest BCUT2D eigenvalue weighted by Crippen LogP contribution is 2.38. The van der Waals surface area contributed by atoms with Crippen LogP contribution < -0.4 is 10.5 Å². The number of nitrogen functional groups attached to an aromatic ring is 1. The predicted octanol–water partition coefficient (Wildman–Crippen LogP) is 2.40. The van der Waals surface area contributed by atoms with Gasteiger partial charge >= 0.3 is 0 Å². The number of anilines is 1. The van der Waals surface area contributed by atoms with Gasteiger partial charge in [-0.05, 0) is 24.6 Å². The number of nitrogens with two attached hydrogens (primary N) is 1. The zero-order valence-electron chi connectivity index (χ0n) is 15.9. The first-order valence-corrected chi connectivity index (χ1v) is 9.18. The molecule has 0 radical (unpaired) electrons. The van der Waals surface area contributed by atoms with Crippen LogP contribution in [0.5, 0.6) is 5.75 Å². The van der Waals surface area contributed by atoms with Crippen LogP contribution in [0, 0.1) is 6.92 Å². The third-order valence-electron chi connectivity index (χ3n) is 4.91. The Balaban J connectivity index is 0.000000444. The molecule has 1 aromatic carbocycles. The number of rotatable bonds is 0. The molecule has 26 heavy (non-hydrogen) atoms. The van der Waals surface area contributed by atoms with Gasteiger partial charge in [0.1, 0.15) is 12.4 Å². The smallest absolute Gasteiger partial charge is 0.290 e. The molecule has 3 heterocycles. The van der Waals surface area contributed by atoms with Crippen molar-refractivity contribution < 1.29 is 24.1 Å². The van der Waals surface area contributed by atoms with E-state index in [1.165, 1.54) is 5.56 Å². The standard InChI is InChI=1S/C16H22N2O3.C2H6.CH2O2/c1-11-6-15-12(7-14(11)17)9-18-3-2-16(20-4-5-21-16)8-13(18)10-19-15;1-2;2-1-3/h6-7,13H,2-5,8-10,17H2,1H3;1-2H3;1H,(H,2,3). The van der Waals surface area contributed by atoms with Crippen molar-refractivity contribution in [1.29, 1.82) is 0 Å². The Morgan fingerprint density at radius 3 is 2.62 bits per heavy atom. The number of ether oxygens (including phenoxy) is 3. The lowest BCUT2D eigenvalue weighted by atomic mass is 9.96. The molecule has 1 aromatic rings. The van der Waals surface area contributed by atoms with Gasteiger partial charge in [-0.2, -0.15) is 0 Å². The number of hydrogen-bond donors (Lipinski definition) is 2. The number of carbonyl (C=O) groups is 1. The Morgan fingerprint density at radius 2 is 1.96 bits per heavy atom. The fourth-order valence-corrected chi connectivity index (χ4v) is 3.63. The summed E-state index contributed by atoms with van der Waals surface area (Å²) in [6.07, 6.45) is 1.82. The maximum atomic E-state index is 8.36. The maximum Gasteiger partial charge on any atom is 0.290 e. The highest BCUT2D eigenvalue weighted by Gasteiger charge is 2.45. The minimum Gasteiger partial charge on any atom is -0.492 e. The molecule has 1 atom stereocenters. The summed E-state index contributed by atoms with van der Waals surface area (Å²) in [5.41, 5.74) is 9.14. The number of carboxylic acid groups (broad SMARTS) is 1. The minimum absolute atomic E-state index is 0.250. The molecule has 1 unspecified atom stereocenters. The lowest BCUT2D eigenvalue weighted by Crippen LogP contribution is -2.52. The van der Waals surface area contributed by atoms with E-state index in [1.807, 2.05) is 20.8 Å². The van der Waals surface area contributed by atoms with Crippen molar-refractivity contribution in [3.63, 3.8) is 0 Å². The molecule has 0 aliphatic carbocycles. The summed E-state index contributed by atoms with van der Waals surface area (Å²) in [5.74, 6) is 0.606. The van der Waals surface area contributed by atoms with Gasteiger partial charge < -0.3 is 25.1 Å². The van der Waals surface area contributed by atoms with Crippen LogP contribution in [-0.4, -0.2) is 54.7 Å². The summed E-state index contributed by atoms with van der Waals surface area (Å²) in [6, 6.07) is 4.45. The molecular weight excluding hydrogens is 336 g/mol. The molecule has 2 fully saturated rings. The maximum absolute atomic E-state index is 8.36. The molecular formula is C19H30N2O5. The Bertz CT molecular complexity index is 602. The van der Waals surface area contributed by atoms with E-state index in [4.69, 9.17) is 29.8 Å². The molecule has 3 aliphatic rings. The van der Waals surface area contributed by atoms with Crippen LogP contribution in [0.1, 0.15) is 37.8 Å². The van der Waals surface area contributed by atoms with E-state index in [9.17, 15) is 0 Å². The zero-order chi connectivity index (χ0) is 19.2. The van der Waals surface area contributed by atoms with E-state index in [-0.39, 0.29) is 12.3 Å². The second kappa shape index (κ2) is 9.21. The highest BCUT2D eigenvalue weighted by atomic mass is 16.7. The van der Waals surface area contributed by atoms with Gasteiger partial charge in [0.05, 0.1) is 13.2 Å². The average Bonchev–Trinajstić information content (AvgIpc) is 3.01. The molecule has 0 amide bonds. The highest BCUT2D eigenvalue weighted by molar-refractivity contribution is 5.54. The van der Waals surface area contributed by atoms with Crippen molar-refractivity contribution in [2.45, 2.75) is 52.0 Å². The second-order valence-corrected chi connectivity index (χ2v) is 6.42. The molecule has 1 spiro atoms. The second-order valence-electron chi connectivity index (χ2n) is 6.42. The van der Waals surface area contributed by atoms with Crippen LogP contribution in [-0.2, 0) is 20.8 Å². The third-order valence-corrected chi connectivity index (χ3v) is 4.91. The number of hydrogen-bond acceptors (Lipinski definition) is 6. The van der Waals surface area contributed by atoms with Crippen LogP contribution in [0.3, 0.4) is 0 Å². The number of benzene rings is 1. The van der Waals surface area contributed by atoms with E-state index < -0.39 is 0 Å². The molecule has 3 N–H and O–H groups in total. The lowest BCUT2D eigenvalue weighted by molar-refractivity contribution is -0.199. The Kier molecular flexibility index (Phi) is 7.25. The molecule has 0 bridgehead atoms. The summed E-state index contributed by atoms with van der Waals surface area (Å²) in [6.45, 7) is 9.74. The van der Waals surface area contributed by atoms with Crippen molar-refractivity contribution >= 4 is 12.2 Å². The first-order valence-electron chi connectivity index (χ1n) is 9.18. The van der Waals surface area contributed by atoms with Crippen LogP contribution in [0.25, 0.3) is 0 Å². The van der Waals surface area contributed by atoms with Crippen LogP contribution in [0.4, 0.5) is 5.69 Å². The Morgan fingerprint density at radius 1 is 1.31 bits per heavy atom. The SMILES string of the molecule is CC.Cc1cc2c(cc1N)CN1CCC3(CC1CO2)OCCO3.O=CO. The monoisotopic (exact) mass is 366 g/mol. The summed E-state index contributed by atoms with van der Waals surface area (Å²) in [5, 5.41) is 6.89. The molecule has 0 aromatic heterocycles. The molecule has 146 valence electrons. The van der Waals surface area contributed by atoms with Crippen LogP contribution >= 0.6 is 0 Å². The van der Waals surface area contributed by atoms with Crippen molar-refractivity contribution in [2.24, 2.45) is 0 Å². The van der Waals surface area contributed by atoms with E-state index in [0.717, 1.165) is 42.9 Å². The molecule has 2 saturated heterocycles. The largest absolute Gasteiger partial charge is 0.492 e. The van der Waals surface area contributed by atoms with Gasteiger partial charge in [0.25, 0.3) is 6.47 Å². The topological polar surface area (TPSA) is 94.3 Å². The lowest BCUT2D eigenvalue weighted by Gasteiger charge is -2.42. The van der Waals surface area contributed by atoms with Gasteiger partial charge in [-0.1, -0.05) is 13.8 Å². The van der Waals surface area contributed by atoms with Gasteiger partial charge in [0, 0.05) is 43.2 Å². The number of nitrogens with zero attached hydrogens (tertiary/aromatic N) is 1. The average molecular weight is 366 g/mol. The number of fused-ring (bicyclic) bond motifs is 2. The normalized spacial score (nSPS) is 23.1. The molecule has 0 saturated carbocycles. The molecule has 7 heteroatoms. The quantitative estimate of drug-likeness (QED) is 0.538. The van der Waals surface area contributed by atoms with Crippen molar-refractivity contribution in [1.82, 2.24) is 4.90 Å². The molecule has 4 rings (SSSR count). The summed E-state index contributed by atoms with van der Waals surface area (Å²) >= 11 is 0. The van der Waals surface area contributed by atoms with Crippen LogP contribution in [0.2, 0.25) is 0 Å². The zero-order valence-corrected chi connectivity index (χ0v) is 15.9. The summed E-state index contributed by atoms with van der Waals surface area (Å²) in [4.78, 5) is 10.8. The predicted molar refractivity (Wildman–Crippen MR) is 99.2 cm³/mol. The van der Waals surface area contributed by atoms with Gasteiger partial charge in [0.2, 0.25) is 0 Å². The minimum atomic E-state index is -0.365. The van der Waals surface area contributed by atoms with E-state index in [1.54, 1.807) is 0 Å². The third kappa shape index (κ3) is 4.47. The summed E-state index contributed by atoms with van der Waals surface area (Å²) < 4.78 is 17.8. The van der Waals surface area contributed by atoms with Crippen molar-refractivity contribution in [3.05, 3.63) is 23.3 Å². The van der Waals surface area contributed by atoms with E-state index in [2.05, 4.69) is 17.0 Å². The first-order chi connectivity index (χ1) is 12.6. The van der Waals surface area contributed by atoms with Crippen molar-refractivity contribution in [3.8, 4) is 5.75 Å². The van der Waals surface area contributed by atoms with Crippen molar-refractivity contribution in [2.75, 3.05) is 32.1 Å². The van der Waals surface area contributed by atoms with Gasteiger partial charge in [-0.25, -0.2) is 0 Å². The van der Waals surface area contributed by atoms with Crippen LogP contribution in [0.15, 0.2) is 12.1 Å². The fraction of sp³-hybridized carbons (Fsp3) is 0.632. The number of aryl methyl sites for hydroxylation is 1. The molecule has 7 nitrogen and oxygen atoms in total. The van der Waals surface area contributed by atoms with E-state index in [0.29, 0.717) is 25.9 Å². The van der Waals surface area contributed by atoms with Gasteiger partial charge in [-0.15, -0.1) is 0 Å². The van der Waals surface area contributed by atoms with Gasteiger partial charge in [0.15, 0.2) is 5.79 Å². The van der Waals surface area contributed by atoms with E-state index >= 15 is 0 Å². The number of piperidine rings is 1. The molecule has 3 aliphatic heterocycles. The Labute approximate surface area is 155 Å². The first kappa shape index (κ1) is 20.5. The Hall–Kier alpha value is -1.83.